The predicted octanol–water partition coefficient (Wildman–Crippen LogP) is 3.12. The summed E-state index contributed by atoms with van der Waals surface area (Å²) in [5, 5.41) is 2.63. The number of carbonyl (C=O) groups is 1. The van der Waals surface area contributed by atoms with Gasteiger partial charge in [-0.1, -0.05) is 0 Å². The smallest absolute Gasteiger partial charge is 0.407 e. The average Bonchev–Trinajstić information content (AvgIpc) is 2.28. The SMILES string of the molecule is CC(C)(C)OC(=O)NCCCOc1cnc(F)cc1I. The summed E-state index contributed by atoms with van der Waals surface area (Å²) in [5.74, 6) is -0.00221. The van der Waals surface area contributed by atoms with E-state index in [1.807, 2.05) is 22.6 Å². The summed E-state index contributed by atoms with van der Waals surface area (Å²) in [6.45, 7) is 6.26. The second-order valence-electron chi connectivity index (χ2n) is 5.07. The minimum Gasteiger partial charge on any atom is -0.491 e. The normalized spacial score (nSPS) is 11.1. The standard InChI is InChI=1S/C13H18FIN2O3/c1-13(2,3)20-12(18)16-5-4-6-19-10-8-17-11(14)7-9(10)15/h7-8H,4-6H2,1-3H3,(H,16,18). The van der Waals surface area contributed by atoms with Gasteiger partial charge in [0.2, 0.25) is 5.95 Å². The van der Waals surface area contributed by atoms with Gasteiger partial charge in [0, 0.05) is 12.6 Å². The third-order valence-electron chi connectivity index (χ3n) is 2.03. The number of carbonyl (C=O) groups excluding carboxylic acids is 1. The van der Waals surface area contributed by atoms with E-state index in [0.29, 0.717) is 28.9 Å². The molecule has 0 aromatic carbocycles. The summed E-state index contributed by atoms with van der Waals surface area (Å²) in [4.78, 5) is 14.9. The highest BCUT2D eigenvalue weighted by Gasteiger charge is 2.15. The molecule has 5 nitrogen and oxygen atoms in total. The van der Waals surface area contributed by atoms with Crippen molar-refractivity contribution in [3.05, 3.63) is 21.8 Å². The number of hydrogen-bond acceptors (Lipinski definition) is 4. The number of rotatable bonds is 5. The molecular weight excluding hydrogens is 378 g/mol. The number of alkyl carbamates (subject to hydrolysis) is 1. The summed E-state index contributed by atoms with van der Waals surface area (Å²) in [6, 6.07) is 1.30. The van der Waals surface area contributed by atoms with Gasteiger partial charge in [-0.2, -0.15) is 4.39 Å². The van der Waals surface area contributed by atoms with E-state index in [4.69, 9.17) is 9.47 Å². The minimum absolute atomic E-state index is 0.402. The molecule has 20 heavy (non-hydrogen) atoms. The van der Waals surface area contributed by atoms with E-state index in [0.717, 1.165) is 0 Å². The second-order valence-corrected chi connectivity index (χ2v) is 6.23. The molecule has 1 aromatic rings. The van der Waals surface area contributed by atoms with E-state index in [1.165, 1.54) is 12.3 Å². The Kier molecular flexibility index (Phi) is 6.44. The van der Waals surface area contributed by atoms with Crippen molar-refractivity contribution in [1.82, 2.24) is 10.3 Å². The monoisotopic (exact) mass is 396 g/mol. The molecule has 0 aliphatic rings. The quantitative estimate of drug-likeness (QED) is 0.472. The Morgan fingerprint density at radius 3 is 2.80 bits per heavy atom. The Labute approximate surface area is 131 Å². The van der Waals surface area contributed by atoms with Crippen molar-refractivity contribution in [3.63, 3.8) is 0 Å². The van der Waals surface area contributed by atoms with Gasteiger partial charge in [0.25, 0.3) is 0 Å². The van der Waals surface area contributed by atoms with Gasteiger partial charge in [-0.05, 0) is 49.8 Å². The third kappa shape index (κ3) is 6.88. The van der Waals surface area contributed by atoms with Gasteiger partial charge in [-0.25, -0.2) is 9.78 Å². The Morgan fingerprint density at radius 1 is 1.50 bits per heavy atom. The van der Waals surface area contributed by atoms with Crippen LogP contribution in [-0.4, -0.2) is 29.8 Å². The predicted molar refractivity (Wildman–Crippen MR) is 81.3 cm³/mol. The summed E-state index contributed by atoms with van der Waals surface area (Å²) in [6.07, 6.45) is 1.51. The maximum absolute atomic E-state index is 12.8. The Morgan fingerprint density at radius 2 is 2.20 bits per heavy atom. The van der Waals surface area contributed by atoms with Crippen molar-refractivity contribution in [2.24, 2.45) is 0 Å². The van der Waals surface area contributed by atoms with Crippen LogP contribution >= 0.6 is 22.6 Å². The van der Waals surface area contributed by atoms with E-state index in [9.17, 15) is 9.18 Å². The lowest BCUT2D eigenvalue weighted by Gasteiger charge is -2.19. The zero-order chi connectivity index (χ0) is 15.2. The van der Waals surface area contributed by atoms with E-state index in [2.05, 4.69) is 10.3 Å². The van der Waals surface area contributed by atoms with Crippen LogP contribution in [0, 0.1) is 9.52 Å². The number of hydrogen-bond donors (Lipinski definition) is 1. The van der Waals surface area contributed by atoms with Crippen LogP contribution in [-0.2, 0) is 4.74 Å². The Hall–Kier alpha value is -1.12. The largest absolute Gasteiger partial charge is 0.491 e. The molecule has 0 bridgehead atoms. The third-order valence-corrected chi connectivity index (χ3v) is 2.88. The topological polar surface area (TPSA) is 60.5 Å². The van der Waals surface area contributed by atoms with Crippen LogP contribution in [0.1, 0.15) is 27.2 Å². The summed E-state index contributed by atoms with van der Waals surface area (Å²) in [7, 11) is 0. The maximum Gasteiger partial charge on any atom is 0.407 e. The Bertz CT molecular complexity index is 463. The number of nitrogens with zero attached hydrogens (tertiary/aromatic N) is 1. The molecular formula is C13H18FIN2O3. The first-order chi connectivity index (χ1) is 9.28. The molecule has 1 amide bonds. The highest BCUT2D eigenvalue weighted by atomic mass is 127. The fraction of sp³-hybridized carbons (Fsp3) is 0.538. The fourth-order valence-corrected chi connectivity index (χ4v) is 1.81. The number of ether oxygens (including phenoxy) is 2. The first-order valence-corrected chi connectivity index (χ1v) is 7.26. The molecule has 112 valence electrons. The molecule has 0 saturated carbocycles. The first kappa shape index (κ1) is 16.9. The number of nitrogens with one attached hydrogen (secondary N) is 1. The van der Waals surface area contributed by atoms with Crippen molar-refractivity contribution in [2.45, 2.75) is 32.8 Å². The summed E-state index contributed by atoms with van der Waals surface area (Å²) < 4.78 is 24.0. The van der Waals surface area contributed by atoms with Crippen molar-refractivity contribution >= 4 is 28.7 Å². The molecule has 0 radical (unpaired) electrons. The van der Waals surface area contributed by atoms with Gasteiger partial charge in [-0.3, -0.25) is 0 Å². The van der Waals surface area contributed by atoms with E-state index in [1.54, 1.807) is 20.8 Å². The second kappa shape index (κ2) is 7.61. The van der Waals surface area contributed by atoms with Crippen LogP contribution in [0.5, 0.6) is 5.75 Å². The molecule has 0 saturated heterocycles. The van der Waals surface area contributed by atoms with Crippen LogP contribution in [0.25, 0.3) is 0 Å². The van der Waals surface area contributed by atoms with Gasteiger partial charge in [-0.15, -0.1) is 0 Å². The van der Waals surface area contributed by atoms with Crippen LogP contribution in [0.15, 0.2) is 12.3 Å². The van der Waals surface area contributed by atoms with Gasteiger partial charge < -0.3 is 14.8 Å². The molecule has 0 atom stereocenters. The van der Waals surface area contributed by atoms with Crippen LogP contribution in [0.2, 0.25) is 0 Å². The fourth-order valence-electron chi connectivity index (χ4n) is 1.26. The lowest BCUT2D eigenvalue weighted by Crippen LogP contribution is -2.33. The zero-order valence-electron chi connectivity index (χ0n) is 11.7. The van der Waals surface area contributed by atoms with Gasteiger partial charge in [0.1, 0.15) is 5.60 Å². The van der Waals surface area contributed by atoms with E-state index >= 15 is 0 Å². The van der Waals surface area contributed by atoms with Crippen molar-refractivity contribution < 1.29 is 18.7 Å². The van der Waals surface area contributed by atoms with Crippen LogP contribution < -0.4 is 10.1 Å². The van der Waals surface area contributed by atoms with Gasteiger partial charge in [0.05, 0.1) is 16.4 Å². The minimum atomic E-state index is -0.534. The molecule has 0 unspecified atom stereocenters. The Balaban J connectivity index is 2.21. The van der Waals surface area contributed by atoms with Crippen LogP contribution in [0.4, 0.5) is 9.18 Å². The lowest BCUT2D eigenvalue weighted by molar-refractivity contribution is 0.0525. The summed E-state index contributed by atoms with van der Waals surface area (Å²) >= 11 is 1.98. The molecule has 0 aliphatic heterocycles. The molecule has 1 N–H and O–H groups in total. The number of amides is 1. The van der Waals surface area contributed by atoms with Gasteiger partial charge in [0.15, 0.2) is 5.75 Å². The van der Waals surface area contributed by atoms with E-state index < -0.39 is 17.6 Å². The van der Waals surface area contributed by atoms with E-state index in [-0.39, 0.29) is 0 Å². The first-order valence-electron chi connectivity index (χ1n) is 6.18. The van der Waals surface area contributed by atoms with Crippen molar-refractivity contribution in [1.29, 1.82) is 0 Å². The highest BCUT2D eigenvalue weighted by Crippen LogP contribution is 2.19. The molecule has 1 heterocycles. The summed E-state index contributed by atoms with van der Waals surface area (Å²) in [5.41, 5.74) is -0.503. The zero-order valence-corrected chi connectivity index (χ0v) is 13.9. The molecule has 1 rings (SSSR count). The van der Waals surface area contributed by atoms with Crippen molar-refractivity contribution in [3.8, 4) is 5.75 Å². The highest BCUT2D eigenvalue weighted by molar-refractivity contribution is 14.1. The molecule has 0 fully saturated rings. The molecule has 0 spiro atoms. The molecule has 1 aromatic heterocycles. The maximum atomic E-state index is 12.8. The van der Waals surface area contributed by atoms with Gasteiger partial charge >= 0.3 is 6.09 Å². The number of halogens is 2. The lowest BCUT2D eigenvalue weighted by atomic mass is 10.2. The molecule has 7 heteroatoms. The van der Waals surface area contributed by atoms with Crippen LogP contribution in [0.3, 0.4) is 0 Å². The number of pyridine rings is 1. The number of aromatic nitrogens is 1. The average molecular weight is 396 g/mol. The van der Waals surface area contributed by atoms with Crippen molar-refractivity contribution in [2.75, 3.05) is 13.2 Å². The molecule has 0 aliphatic carbocycles.